The summed E-state index contributed by atoms with van der Waals surface area (Å²) in [5, 5.41) is 4.00. The Balaban J connectivity index is 1.38. The zero-order valence-corrected chi connectivity index (χ0v) is 11.5. The van der Waals surface area contributed by atoms with Crippen LogP contribution in [0.2, 0.25) is 0 Å². The molecule has 2 heterocycles. The highest BCUT2D eigenvalue weighted by Crippen LogP contribution is 2.45. The summed E-state index contributed by atoms with van der Waals surface area (Å²) in [5.41, 5.74) is 0. The summed E-state index contributed by atoms with van der Waals surface area (Å²) >= 11 is 0. The number of hydrogen-bond donors (Lipinski definition) is 1. The first-order chi connectivity index (χ1) is 8.81. The molecule has 0 aromatic rings. The van der Waals surface area contributed by atoms with E-state index in [0.717, 1.165) is 35.9 Å². The van der Waals surface area contributed by atoms with E-state index in [-0.39, 0.29) is 0 Å². The number of nitrogens with zero attached hydrogens (tertiary/aromatic N) is 1. The van der Waals surface area contributed by atoms with E-state index < -0.39 is 0 Å². The van der Waals surface area contributed by atoms with Crippen molar-refractivity contribution in [3.05, 3.63) is 12.2 Å². The molecular formula is C16H26N2. The molecule has 2 aliphatic carbocycles. The molecule has 100 valence electrons. The Morgan fingerprint density at radius 1 is 1.17 bits per heavy atom. The van der Waals surface area contributed by atoms with Crippen molar-refractivity contribution in [1.82, 2.24) is 10.2 Å². The predicted octanol–water partition coefficient (Wildman–Crippen LogP) is 2.41. The van der Waals surface area contributed by atoms with Gasteiger partial charge in [0, 0.05) is 24.7 Å². The lowest BCUT2D eigenvalue weighted by Gasteiger charge is -2.31. The Hall–Kier alpha value is -0.340. The fraction of sp³-hybridized carbons (Fsp3) is 0.875. The smallest absolute Gasteiger partial charge is 0.0250 e. The molecule has 2 aliphatic heterocycles. The van der Waals surface area contributed by atoms with Crippen LogP contribution in [0.3, 0.4) is 0 Å². The number of hydrogen-bond acceptors (Lipinski definition) is 2. The zero-order valence-electron chi connectivity index (χ0n) is 11.5. The van der Waals surface area contributed by atoms with E-state index in [2.05, 4.69) is 29.3 Å². The number of rotatable bonds is 3. The normalized spacial score (nSPS) is 47.9. The Morgan fingerprint density at radius 3 is 2.89 bits per heavy atom. The number of allylic oxidation sites excluding steroid dienone is 2. The first-order valence-corrected chi connectivity index (χ1v) is 7.99. The summed E-state index contributed by atoms with van der Waals surface area (Å²) in [7, 11) is 0. The average Bonchev–Trinajstić information content (AvgIpc) is 3.10. The van der Waals surface area contributed by atoms with Gasteiger partial charge < -0.3 is 5.32 Å². The van der Waals surface area contributed by atoms with Crippen molar-refractivity contribution in [3.63, 3.8) is 0 Å². The van der Waals surface area contributed by atoms with Gasteiger partial charge in [0.05, 0.1) is 0 Å². The van der Waals surface area contributed by atoms with Crippen molar-refractivity contribution in [1.29, 1.82) is 0 Å². The van der Waals surface area contributed by atoms with Gasteiger partial charge in [-0.3, -0.25) is 4.90 Å². The SMILES string of the molecule is CC(NC1CCN2CCCC12)C1CC2C=CC1C2. The van der Waals surface area contributed by atoms with Crippen LogP contribution in [0.1, 0.15) is 39.0 Å². The van der Waals surface area contributed by atoms with E-state index in [9.17, 15) is 0 Å². The molecule has 3 fully saturated rings. The Kier molecular flexibility index (Phi) is 2.77. The molecule has 1 N–H and O–H groups in total. The van der Waals surface area contributed by atoms with Gasteiger partial charge in [-0.05, 0) is 63.3 Å². The molecule has 0 spiro atoms. The third-order valence-electron chi connectivity index (χ3n) is 6.06. The molecule has 6 atom stereocenters. The van der Waals surface area contributed by atoms with Crippen LogP contribution in [0.15, 0.2) is 12.2 Å². The topological polar surface area (TPSA) is 15.3 Å². The van der Waals surface area contributed by atoms with Crippen molar-refractivity contribution in [2.24, 2.45) is 17.8 Å². The minimum atomic E-state index is 0.718. The molecule has 0 aromatic heterocycles. The van der Waals surface area contributed by atoms with Crippen LogP contribution < -0.4 is 5.32 Å². The lowest BCUT2D eigenvalue weighted by Crippen LogP contribution is -2.46. The summed E-state index contributed by atoms with van der Waals surface area (Å²) < 4.78 is 0. The second-order valence-corrected chi connectivity index (χ2v) is 7.04. The Bertz CT molecular complexity index is 351. The van der Waals surface area contributed by atoms with E-state index in [4.69, 9.17) is 0 Å². The van der Waals surface area contributed by atoms with Crippen LogP contribution in [0.25, 0.3) is 0 Å². The predicted molar refractivity (Wildman–Crippen MR) is 74.4 cm³/mol. The van der Waals surface area contributed by atoms with E-state index in [1.807, 2.05) is 0 Å². The molecule has 4 rings (SSSR count). The van der Waals surface area contributed by atoms with Crippen LogP contribution in [-0.2, 0) is 0 Å². The zero-order chi connectivity index (χ0) is 12.1. The first-order valence-electron chi connectivity index (χ1n) is 7.99. The highest BCUT2D eigenvalue weighted by molar-refractivity contribution is 5.12. The van der Waals surface area contributed by atoms with Gasteiger partial charge >= 0.3 is 0 Å². The molecule has 2 heteroatoms. The van der Waals surface area contributed by atoms with Crippen molar-refractivity contribution < 1.29 is 0 Å². The maximum atomic E-state index is 4.00. The molecular weight excluding hydrogens is 220 g/mol. The third kappa shape index (κ3) is 1.77. The minimum absolute atomic E-state index is 0.718. The van der Waals surface area contributed by atoms with Gasteiger partial charge in [0.25, 0.3) is 0 Å². The molecule has 0 aromatic carbocycles. The lowest BCUT2D eigenvalue weighted by atomic mass is 9.87. The monoisotopic (exact) mass is 246 g/mol. The summed E-state index contributed by atoms with van der Waals surface area (Å²) in [4.78, 5) is 2.71. The molecule has 2 bridgehead atoms. The molecule has 0 radical (unpaired) electrons. The van der Waals surface area contributed by atoms with Gasteiger partial charge in [0.2, 0.25) is 0 Å². The Morgan fingerprint density at radius 2 is 2.11 bits per heavy atom. The van der Waals surface area contributed by atoms with E-state index in [1.165, 1.54) is 45.2 Å². The maximum absolute atomic E-state index is 4.00. The molecule has 4 aliphatic rings. The van der Waals surface area contributed by atoms with Crippen LogP contribution >= 0.6 is 0 Å². The maximum Gasteiger partial charge on any atom is 0.0250 e. The molecule has 1 saturated carbocycles. The summed E-state index contributed by atoms with van der Waals surface area (Å²) in [6.07, 6.45) is 12.1. The number of nitrogens with one attached hydrogen (secondary N) is 1. The third-order valence-corrected chi connectivity index (χ3v) is 6.06. The highest BCUT2D eigenvalue weighted by atomic mass is 15.2. The van der Waals surface area contributed by atoms with E-state index >= 15 is 0 Å². The number of fused-ring (bicyclic) bond motifs is 3. The standard InChI is InChI=1S/C16H26N2/c1-11(14-10-12-4-5-13(14)9-12)17-15-6-8-18-7-2-3-16(15)18/h4-5,11-17H,2-3,6-10H2,1H3. The molecule has 18 heavy (non-hydrogen) atoms. The fourth-order valence-corrected chi connectivity index (χ4v) is 5.14. The fourth-order valence-electron chi connectivity index (χ4n) is 5.14. The summed E-state index contributed by atoms with van der Waals surface area (Å²) in [5.74, 6) is 2.71. The van der Waals surface area contributed by atoms with Crippen LogP contribution in [0, 0.1) is 17.8 Å². The van der Waals surface area contributed by atoms with Crippen molar-refractivity contribution in [2.75, 3.05) is 13.1 Å². The van der Waals surface area contributed by atoms with Gasteiger partial charge in [-0.15, -0.1) is 0 Å². The molecule has 6 unspecified atom stereocenters. The van der Waals surface area contributed by atoms with E-state index in [0.29, 0.717) is 0 Å². The highest BCUT2D eigenvalue weighted by Gasteiger charge is 2.42. The Labute approximate surface area is 111 Å². The van der Waals surface area contributed by atoms with Crippen LogP contribution in [0.5, 0.6) is 0 Å². The molecule has 0 amide bonds. The minimum Gasteiger partial charge on any atom is -0.310 e. The largest absolute Gasteiger partial charge is 0.310 e. The van der Waals surface area contributed by atoms with Crippen LogP contribution in [-0.4, -0.2) is 36.1 Å². The summed E-state index contributed by atoms with van der Waals surface area (Å²) in [6, 6.07) is 2.36. The quantitative estimate of drug-likeness (QED) is 0.769. The van der Waals surface area contributed by atoms with Crippen LogP contribution in [0.4, 0.5) is 0 Å². The van der Waals surface area contributed by atoms with Gasteiger partial charge in [0.1, 0.15) is 0 Å². The van der Waals surface area contributed by atoms with Gasteiger partial charge in [-0.1, -0.05) is 12.2 Å². The van der Waals surface area contributed by atoms with Crippen molar-refractivity contribution in [3.8, 4) is 0 Å². The van der Waals surface area contributed by atoms with Gasteiger partial charge in [-0.25, -0.2) is 0 Å². The van der Waals surface area contributed by atoms with Gasteiger partial charge in [0.15, 0.2) is 0 Å². The lowest BCUT2D eigenvalue weighted by molar-refractivity contribution is 0.256. The first kappa shape index (κ1) is 11.5. The van der Waals surface area contributed by atoms with Crippen molar-refractivity contribution >= 4 is 0 Å². The second kappa shape index (κ2) is 4.35. The van der Waals surface area contributed by atoms with E-state index in [1.54, 1.807) is 0 Å². The average molecular weight is 246 g/mol. The molecule has 2 nitrogen and oxygen atoms in total. The second-order valence-electron chi connectivity index (χ2n) is 7.04. The summed E-state index contributed by atoms with van der Waals surface area (Å²) in [6.45, 7) is 5.14. The molecule has 2 saturated heterocycles. The van der Waals surface area contributed by atoms with Crippen molar-refractivity contribution in [2.45, 2.75) is 57.2 Å². The van der Waals surface area contributed by atoms with Gasteiger partial charge in [-0.2, -0.15) is 0 Å².